The molecule has 28 heavy (non-hydrogen) atoms. The molecule has 7 heteroatoms. The third kappa shape index (κ3) is 3.35. The number of nitrogens with one attached hydrogen (secondary N) is 1. The molecule has 1 N–H and O–H groups in total. The molecule has 0 radical (unpaired) electrons. The molecule has 1 amide bonds. The van der Waals surface area contributed by atoms with Gasteiger partial charge in [-0.3, -0.25) is 9.10 Å². The van der Waals surface area contributed by atoms with E-state index in [-0.39, 0.29) is 22.4 Å². The van der Waals surface area contributed by atoms with Crippen molar-refractivity contribution in [3.8, 4) is 5.75 Å². The number of carbonyl (C=O) groups is 1. The van der Waals surface area contributed by atoms with Gasteiger partial charge in [-0.2, -0.15) is 0 Å². The zero-order valence-corrected chi connectivity index (χ0v) is 16.7. The largest absolute Gasteiger partial charge is 0.496 e. The summed E-state index contributed by atoms with van der Waals surface area (Å²) in [6, 6.07) is 12.1. The second kappa shape index (κ2) is 7.47. The van der Waals surface area contributed by atoms with Crippen LogP contribution in [0, 0.1) is 0 Å². The molecule has 4 rings (SSSR count). The lowest BCUT2D eigenvalue weighted by Gasteiger charge is -2.21. The summed E-state index contributed by atoms with van der Waals surface area (Å²) >= 11 is 0. The van der Waals surface area contributed by atoms with Crippen molar-refractivity contribution in [2.75, 3.05) is 18.0 Å². The molecule has 1 aliphatic carbocycles. The van der Waals surface area contributed by atoms with Gasteiger partial charge in [0.15, 0.2) is 0 Å². The van der Waals surface area contributed by atoms with Crippen LogP contribution < -0.4 is 14.4 Å². The summed E-state index contributed by atoms with van der Waals surface area (Å²) in [6.45, 7) is 0.400. The van der Waals surface area contributed by atoms with E-state index in [4.69, 9.17) is 4.74 Å². The zero-order valence-electron chi connectivity index (χ0n) is 15.8. The predicted molar refractivity (Wildman–Crippen MR) is 107 cm³/mol. The number of amides is 1. The lowest BCUT2D eigenvalue weighted by molar-refractivity contribution is 0.0934. The third-order valence-corrected chi connectivity index (χ3v) is 7.35. The minimum Gasteiger partial charge on any atom is -0.496 e. The number of hydrogen-bond donors (Lipinski definition) is 1. The second-order valence-electron chi connectivity index (χ2n) is 7.27. The number of methoxy groups -OCH3 is 1. The van der Waals surface area contributed by atoms with Crippen molar-refractivity contribution in [2.45, 2.75) is 43.0 Å². The molecular formula is C21H24N2O4S. The van der Waals surface area contributed by atoms with Crippen LogP contribution in [0.1, 0.15) is 41.6 Å². The smallest absolute Gasteiger partial charge is 0.264 e. The fourth-order valence-corrected chi connectivity index (χ4v) is 5.57. The lowest BCUT2D eigenvalue weighted by Crippen LogP contribution is -2.33. The highest BCUT2D eigenvalue weighted by Gasteiger charge is 2.32. The maximum Gasteiger partial charge on any atom is 0.264 e. The van der Waals surface area contributed by atoms with Gasteiger partial charge in [-0.15, -0.1) is 0 Å². The number of sulfonamides is 1. The van der Waals surface area contributed by atoms with Gasteiger partial charge in [-0.1, -0.05) is 31.0 Å². The molecule has 0 saturated heterocycles. The highest BCUT2D eigenvalue weighted by atomic mass is 32.2. The molecule has 2 aromatic rings. The van der Waals surface area contributed by atoms with Crippen molar-refractivity contribution in [2.24, 2.45) is 0 Å². The van der Waals surface area contributed by atoms with Crippen molar-refractivity contribution in [3.05, 3.63) is 53.6 Å². The Morgan fingerprint density at radius 1 is 1.14 bits per heavy atom. The van der Waals surface area contributed by atoms with Gasteiger partial charge in [0.1, 0.15) is 5.75 Å². The van der Waals surface area contributed by atoms with E-state index in [1.165, 1.54) is 23.5 Å². The molecule has 1 aliphatic heterocycles. The van der Waals surface area contributed by atoms with Gasteiger partial charge in [0.2, 0.25) is 0 Å². The van der Waals surface area contributed by atoms with E-state index in [0.29, 0.717) is 24.4 Å². The zero-order chi connectivity index (χ0) is 19.7. The Labute approximate surface area is 165 Å². The first-order valence-corrected chi connectivity index (χ1v) is 11.0. The topological polar surface area (TPSA) is 75.7 Å². The standard InChI is InChI=1S/C21H24N2O4S/c1-27-20-11-10-17(14-18(20)21(24)22-16-7-3-4-8-16)28(25,26)23-13-12-15-6-2-5-9-19(15)23/h2,5-6,9-11,14,16H,3-4,7-8,12-13H2,1H3,(H,22,24). The number of ether oxygens (including phenoxy) is 1. The third-order valence-electron chi connectivity index (χ3n) is 5.54. The van der Waals surface area contributed by atoms with E-state index in [2.05, 4.69) is 5.32 Å². The van der Waals surface area contributed by atoms with Gasteiger partial charge in [-0.25, -0.2) is 8.42 Å². The summed E-state index contributed by atoms with van der Waals surface area (Å²) in [6.07, 6.45) is 4.80. The van der Waals surface area contributed by atoms with Crippen molar-refractivity contribution >= 4 is 21.6 Å². The van der Waals surface area contributed by atoms with Gasteiger partial charge in [0.25, 0.3) is 15.9 Å². The summed E-state index contributed by atoms with van der Waals surface area (Å²) < 4.78 is 33.3. The van der Waals surface area contributed by atoms with Gasteiger partial charge in [-0.05, 0) is 49.1 Å². The van der Waals surface area contributed by atoms with Crippen molar-refractivity contribution in [1.82, 2.24) is 5.32 Å². The molecule has 6 nitrogen and oxygen atoms in total. The number of rotatable bonds is 5. The number of benzene rings is 2. The summed E-state index contributed by atoms with van der Waals surface area (Å²) in [5.74, 6) is 0.0823. The van der Waals surface area contributed by atoms with E-state index in [1.807, 2.05) is 24.3 Å². The lowest BCUT2D eigenvalue weighted by atomic mass is 10.1. The molecule has 0 atom stereocenters. The average Bonchev–Trinajstić information content (AvgIpc) is 3.37. The second-order valence-corrected chi connectivity index (χ2v) is 9.14. The molecule has 148 valence electrons. The minimum atomic E-state index is -3.76. The Bertz CT molecular complexity index is 997. The van der Waals surface area contributed by atoms with Crippen LogP contribution in [0.15, 0.2) is 47.4 Å². The van der Waals surface area contributed by atoms with Gasteiger partial charge in [0.05, 0.1) is 23.3 Å². The van der Waals surface area contributed by atoms with Gasteiger partial charge in [0, 0.05) is 12.6 Å². The molecule has 1 heterocycles. The minimum absolute atomic E-state index is 0.0987. The van der Waals surface area contributed by atoms with Crippen LogP contribution in [0.5, 0.6) is 5.75 Å². The molecule has 2 aliphatic rings. The average molecular weight is 401 g/mol. The van der Waals surface area contributed by atoms with Gasteiger partial charge < -0.3 is 10.1 Å². The highest BCUT2D eigenvalue weighted by molar-refractivity contribution is 7.92. The Morgan fingerprint density at radius 3 is 2.64 bits per heavy atom. The van der Waals surface area contributed by atoms with Crippen LogP contribution in [-0.2, 0) is 16.4 Å². The number of carbonyl (C=O) groups excluding carboxylic acids is 1. The van der Waals surface area contributed by atoms with Crippen LogP contribution in [0.4, 0.5) is 5.69 Å². The summed E-state index contributed by atoms with van der Waals surface area (Å²) in [4.78, 5) is 12.9. The van der Waals surface area contributed by atoms with Crippen LogP contribution >= 0.6 is 0 Å². The Kier molecular flexibility index (Phi) is 5.02. The number of para-hydroxylation sites is 1. The summed E-state index contributed by atoms with van der Waals surface area (Å²) in [7, 11) is -2.28. The first-order chi connectivity index (χ1) is 13.5. The first kappa shape index (κ1) is 18.8. The molecule has 1 fully saturated rings. The Morgan fingerprint density at radius 2 is 1.89 bits per heavy atom. The van der Waals surface area contributed by atoms with Crippen molar-refractivity contribution in [1.29, 1.82) is 0 Å². The van der Waals surface area contributed by atoms with Crippen molar-refractivity contribution in [3.63, 3.8) is 0 Å². The molecule has 0 bridgehead atoms. The summed E-state index contributed by atoms with van der Waals surface area (Å²) in [5, 5.41) is 3.01. The fraction of sp³-hybridized carbons (Fsp3) is 0.381. The van der Waals surface area contributed by atoms with Crippen LogP contribution in [0.2, 0.25) is 0 Å². The molecule has 0 spiro atoms. The molecule has 0 aromatic heterocycles. The normalized spacial score (nSPS) is 16.8. The predicted octanol–water partition coefficient (Wildman–Crippen LogP) is 3.12. The molecule has 1 saturated carbocycles. The fourth-order valence-electron chi connectivity index (χ4n) is 4.04. The van der Waals surface area contributed by atoms with Crippen LogP contribution in [0.3, 0.4) is 0 Å². The SMILES string of the molecule is COc1ccc(S(=O)(=O)N2CCc3ccccc32)cc1C(=O)NC1CCCC1. The monoisotopic (exact) mass is 400 g/mol. The molecular weight excluding hydrogens is 376 g/mol. The van der Waals surface area contributed by atoms with E-state index in [0.717, 1.165) is 31.2 Å². The number of anilines is 1. The molecule has 2 aromatic carbocycles. The number of hydrogen-bond acceptors (Lipinski definition) is 4. The number of nitrogens with zero attached hydrogens (tertiary/aromatic N) is 1. The van der Waals surface area contributed by atoms with E-state index in [1.54, 1.807) is 6.07 Å². The van der Waals surface area contributed by atoms with Crippen molar-refractivity contribution < 1.29 is 17.9 Å². The number of fused-ring (bicyclic) bond motifs is 1. The van der Waals surface area contributed by atoms with E-state index >= 15 is 0 Å². The molecule has 0 unspecified atom stereocenters. The van der Waals surface area contributed by atoms with Crippen LogP contribution in [0.25, 0.3) is 0 Å². The van der Waals surface area contributed by atoms with Crippen LogP contribution in [-0.4, -0.2) is 34.0 Å². The highest BCUT2D eigenvalue weighted by Crippen LogP contribution is 2.34. The first-order valence-electron chi connectivity index (χ1n) is 9.60. The maximum atomic E-state index is 13.3. The van der Waals surface area contributed by atoms with E-state index in [9.17, 15) is 13.2 Å². The van der Waals surface area contributed by atoms with Gasteiger partial charge >= 0.3 is 0 Å². The Balaban J connectivity index is 1.67. The Hall–Kier alpha value is -2.54. The quantitative estimate of drug-likeness (QED) is 0.837. The summed E-state index contributed by atoms with van der Waals surface area (Å²) in [5.41, 5.74) is 1.97. The van der Waals surface area contributed by atoms with E-state index < -0.39 is 10.0 Å². The maximum absolute atomic E-state index is 13.3.